The smallest absolute Gasteiger partial charge is 0.252 e. The van der Waals surface area contributed by atoms with Gasteiger partial charge in [0.25, 0.3) is 5.91 Å². The van der Waals surface area contributed by atoms with Gasteiger partial charge < -0.3 is 4.90 Å². The highest BCUT2D eigenvalue weighted by atomic mass is 35.5. The van der Waals surface area contributed by atoms with Gasteiger partial charge in [-0.3, -0.25) is 14.4 Å². The average molecular weight is 395 g/mol. The summed E-state index contributed by atoms with van der Waals surface area (Å²) < 4.78 is 1.75. The van der Waals surface area contributed by atoms with Crippen molar-refractivity contribution >= 4 is 17.5 Å². The predicted molar refractivity (Wildman–Crippen MR) is 110 cm³/mol. The fraction of sp³-hybridized carbons (Fsp3) is 0.273. The van der Waals surface area contributed by atoms with E-state index in [1.807, 2.05) is 65.7 Å². The largest absolute Gasteiger partial charge is 0.338 e. The van der Waals surface area contributed by atoms with Crippen LogP contribution < -0.4 is 0 Å². The van der Waals surface area contributed by atoms with Crippen molar-refractivity contribution in [3.8, 4) is 0 Å². The van der Waals surface area contributed by atoms with E-state index in [1.165, 1.54) is 5.56 Å². The van der Waals surface area contributed by atoms with Gasteiger partial charge in [0.15, 0.2) is 6.04 Å². The summed E-state index contributed by atoms with van der Waals surface area (Å²) in [7, 11) is 0. The monoisotopic (exact) mass is 394 g/mol. The van der Waals surface area contributed by atoms with Gasteiger partial charge in [-0.2, -0.15) is 5.10 Å². The van der Waals surface area contributed by atoms with Crippen LogP contribution in [0.1, 0.15) is 17.2 Å². The number of carbonyl (C=O) groups excluding carboxylic acids is 1. The molecule has 1 unspecified atom stereocenters. The number of piperazine rings is 1. The molecule has 1 aliphatic heterocycles. The number of hydrogen-bond donors (Lipinski definition) is 0. The molecule has 1 aliphatic rings. The molecule has 1 aromatic heterocycles. The Balaban J connectivity index is 1.43. The lowest BCUT2D eigenvalue weighted by Crippen LogP contribution is -2.50. The van der Waals surface area contributed by atoms with Gasteiger partial charge >= 0.3 is 0 Å². The third-order valence-corrected chi connectivity index (χ3v) is 5.35. The van der Waals surface area contributed by atoms with Crippen LogP contribution in [-0.4, -0.2) is 51.7 Å². The number of halogens is 1. The number of benzene rings is 2. The van der Waals surface area contributed by atoms with Gasteiger partial charge in [-0.1, -0.05) is 54.1 Å². The Morgan fingerprint density at radius 3 is 2.46 bits per heavy atom. The summed E-state index contributed by atoms with van der Waals surface area (Å²) in [4.78, 5) is 17.7. The molecule has 1 fully saturated rings. The quantitative estimate of drug-likeness (QED) is 0.665. The maximum Gasteiger partial charge on any atom is 0.252 e. The van der Waals surface area contributed by atoms with Crippen molar-refractivity contribution in [3.05, 3.63) is 89.2 Å². The molecule has 0 aliphatic carbocycles. The summed E-state index contributed by atoms with van der Waals surface area (Å²) in [5.41, 5.74) is 2.16. The van der Waals surface area contributed by atoms with Gasteiger partial charge in [-0.25, -0.2) is 0 Å². The van der Waals surface area contributed by atoms with Crippen molar-refractivity contribution in [2.75, 3.05) is 26.2 Å². The maximum absolute atomic E-state index is 13.3. The molecule has 2 aromatic carbocycles. The van der Waals surface area contributed by atoms with Crippen LogP contribution in [-0.2, 0) is 11.3 Å². The molecule has 144 valence electrons. The van der Waals surface area contributed by atoms with E-state index >= 15 is 0 Å². The van der Waals surface area contributed by atoms with Crippen molar-refractivity contribution in [2.45, 2.75) is 12.6 Å². The van der Waals surface area contributed by atoms with Crippen LogP contribution in [0, 0.1) is 0 Å². The van der Waals surface area contributed by atoms with E-state index in [-0.39, 0.29) is 5.91 Å². The standard InChI is InChI=1S/C22H23ClN4O/c23-20-9-4-6-18(16-20)17-25-12-14-26(15-13-25)22(28)21(27-11-5-10-24-27)19-7-2-1-3-8-19/h1-11,16,21H,12-15,17H2. The SMILES string of the molecule is O=C(C(c1ccccc1)n1cccn1)N1CCN(Cc2cccc(Cl)c2)CC1. The first-order chi connectivity index (χ1) is 13.7. The van der Waals surface area contributed by atoms with Crippen LogP contribution in [0.5, 0.6) is 0 Å². The van der Waals surface area contributed by atoms with Gasteiger partial charge in [-0.15, -0.1) is 0 Å². The molecule has 1 amide bonds. The summed E-state index contributed by atoms with van der Waals surface area (Å²) in [6.07, 6.45) is 3.57. The van der Waals surface area contributed by atoms with Crippen molar-refractivity contribution in [1.29, 1.82) is 0 Å². The number of rotatable bonds is 5. The fourth-order valence-corrected chi connectivity index (χ4v) is 3.88. The van der Waals surface area contributed by atoms with Gasteiger partial charge in [0.1, 0.15) is 0 Å². The minimum atomic E-state index is -0.421. The number of carbonyl (C=O) groups is 1. The van der Waals surface area contributed by atoms with E-state index < -0.39 is 6.04 Å². The number of amides is 1. The van der Waals surface area contributed by atoms with Gasteiger partial charge in [0.05, 0.1) is 0 Å². The van der Waals surface area contributed by atoms with E-state index in [0.29, 0.717) is 13.1 Å². The fourth-order valence-electron chi connectivity index (χ4n) is 3.67. The minimum Gasteiger partial charge on any atom is -0.338 e. The van der Waals surface area contributed by atoms with Crippen molar-refractivity contribution in [2.24, 2.45) is 0 Å². The van der Waals surface area contributed by atoms with E-state index in [1.54, 1.807) is 10.9 Å². The van der Waals surface area contributed by atoms with Crippen LogP contribution in [0.2, 0.25) is 5.02 Å². The summed E-state index contributed by atoms with van der Waals surface area (Å²) in [5, 5.41) is 5.09. The normalized spacial score (nSPS) is 16.1. The summed E-state index contributed by atoms with van der Waals surface area (Å²) in [6.45, 7) is 3.97. The van der Waals surface area contributed by atoms with E-state index in [9.17, 15) is 4.79 Å². The topological polar surface area (TPSA) is 41.4 Å². The Morgan fingerprint density at radius 2 is 1.79 bits per heavy atom. The molecular weight excluding hydrogens is 372 g/mol. The first-order valence-electron chi connectivity index (χ1n) is 9.50. The molecule has 3 aromatic rings. The molecule has 0 N–H and O–H groups in total. The third-order valence-electron chi connectivity index (χ3n) is 5.12. The summed E-state index contributed by atoms with van der Waals surface area (Å²) in [5.74, 6) is 0.0947. The lowest BCUT2D eigenvalue weighted by atomic mass is 10.1. The molecule has 0 spiro atoms. The van der Waals surface area contributed by atoms with Gasteiger partial charge in [-0.05, 0) is 29.3 Å². The zero-order chi connectivity index (χ0) is 19.3. The highest BCUT2D eigenvalue weighted by Gasteiger charge is 2.30. The summed E-state index contributed by atoms with van der Waals surface area (Å²) in [6, 6.07) is 19.2. The third kappa shape index (κ3) is 4.26. The highest BCUT2D eigenvalue weighted by molar-refractivity contribution is 6.30. The van der Waals surface area contributed by atoms with Crippen molar-refractivity contribution < 1.29 is 4.79 Å². The lowest BCUT2D eigenvalue weighted by Gasteiger charge is -2.36. The van der Waals surface area contributed by atoms with E-state index in [4.69, 9.17) is 11.6 Å². The molecule has 28 heavy (non-hydrogen) atoms. The zero-order valence-electron chi connectivity index (χ0n) is 15.6. The van der Waals surface area contributed by atoms with Crippen molar-refractivity contribution in [3.63, 3.8) is 0 Å². The molecule has 5 nitrogen and oxygen atoms in total. The highest BCUT2D eigenvalue weighted by Crippen LogP contribution is 2.22. The van der Waals surface area contributed by atoms with Gasteiger partial charge in [0.2, 0.25) is 0 Å². The zero-order valence-corrected chi connectivity index (χ0v) is 16.4. The molecule has 2 heterocycles. The molecule has 4 rings (SSSR count). The Kier molecular flexibility index (Phi) is 5.74. The number of aromatic nitrogens is 2. The van der Waals surface area contributed by atoms with Gasteiger partial charge in [0, 0.05) is 50.1 Å². The molecule has 1 saturated heterocycles. The number of hydrogen-bond acceptors (Lipinski definition) is 3. The van der Waals surface area contributed by atoms with Crippen LogP contribution >= 0.6 is 11.6 Å². The minimum absolute atomic E-state index is 0.0947. The maximum atomic E-state index is 13.3. The Morgan fingerprint density at radius 1 is 1.00 bits per heavy atom. The number of nitrogens with zero attached hydrogens (tertiary/aromatic N) is 4. The van der Waals surface area contributed by atoms with Crippen LogP contribution in [0.3, 0.4) is 0 Å². The first-order valence-corrected chi connectivity index (χ1v) is 9.88. The molecule has 0 saturated carbocycles. The molecular formula is C22H23ClN4O. The van der Waals surface area contributed by atoms with Crippen LogP contribution in [0.4, 0.5) is 0 Å². The van der Waals surface area contributed by atoms with Crippen LogP contribution in [0.25, 0.3) is 0 Å². The molecule has 0 bridgehead atoms. The predicted octanol–water partition coefficient (Wildman–Crippen LogP) is 3.47. The lowest BCUT2D eigenvalue weighted by molar-refractivity contribution is -0.135. The second-order valence-corrected chi connectivity index (χ2v) is 7.47. The average Bonchev–Trinajstić information content (AvgIpc) is 3.24. The van der Waals surface area contributed by atoms with E-state index in [0.717, 1.165) is 30.2 Å². The second kappa shape index (κ2) is 8.59. The molecule has 1 atom stereocenters. The molecule has 6 heteroatoms. The van der Waals surface area contributed by atoms with Crippen LogP contribution in [0.15, 0.2) is 73.1 Å². The summed E-state index contributed by atoms with van der Waals surface area (Å²) >= 11 is 6.09. The molecule has 0 radical (unpaired) electrons. The van der Waals surface area contributed by atoms with E-state index in [2.05, 4.69) is 16.1 Å². The second-order valence-electron chi connectivity index (χ2n) is 7.03. The first kappa shape index (κ1) is 18.7. The Bertz CT molecular complexity index is 905. The Labute approximate surface area is 170 Å². The Hall–Kier alpha value is -2.63. The van der Waals surface area contributed by atoms with Crippen molar-refractivity contribution in [1.82, 2.24) is 19.6 Å².